The maximum absolute atomic E-state index is 9.11. The molecule has 1 aromatic heterocycles. The van der Waals surface area contributed by atoms with Crippen LogP contribution in [0.4, 0.5) is 11.8 Å². The Morgan fingerprint density at radius 3 is 2.65 bits per heavy atom. The quantitative estimate of drug-likeness (QED) is 0.827. The van der Waals surface area contributed by atoms with Gasteiger partial charge in [-0.3, -0.25) is 0 Å². The molecule has 0 spiro atoms. The van der Waals surface area contributed by atoms with E-state index in [0.717, 1.165) is 37.4 Å². The molecular formula is C20H26N4O2. The summed E-state index contributed by atoms with van der Waals surface area (Å²) in [6.45, 7) is 2.01. The summed E-state index contributed by atoms with van der Waals surface area (Å²) in [6.07, 6.45) is 3.07. The van der Waals surface area contributed by atoms with Crippen LogP contribution in [0.15, 0.2) is 30.3 Å². The van der Waals surface area contributed by atoms with Gasteiger partial charge in [-0.2, -0.15) is 4.98 Å². The normalized spacial score (nSPS) is 19.5. The predicted molar refractivity (Wildman–Crippen MR) is 102 cm³/mol. The molecule has 1 aliphatic carbocycles. The minimum absolute atomic E-state index is 0.0588. The van der Waals surface area contributed by atoms with E-state index in [4.69, 9.17) is 14.8 Å². The van der Waals surface area contributed by atoms with E-state index in [1.54, 1.807) is 0 Å². The minimum Gasteiger partial charge on any atom is -0.395 e. The van der Waals surface area contributed by atoms with Crippen molar-refractivity contribution >= 4 is 11.8 Å². The number of nitrogens with zero attached hydrogens (tertiary/aromatic N) is 3. The number of likely N-dealkylation sites (N-methyl/N-ethyl adjacent to an activating group) is 1. The zero-order chi connectivity index (χ0) is 17.9. The van der Waals surface area contributed by atoms with Gasteiger partial charge in [0.1, 0.15) is 5.82 Å². The molecule has 0 bridgehead atoms. The predicted octanol–water partition coefficient (Wildman–Crippen LogP) is 1.99. The topological polar surface area (TPSA) is 70.5 Å². The minimum atomic E-state index is 0.0588. The first-order valence-electron chi connectivity index (χ1n) is 9.35. The maximum Gasteiger partial charge on any atom is 0.224 e. The highest BCUT2D eigenvalue weighted by molar-refractivity contribution is 5.48. The van der Waals surface area contributed by atoms with Gasteiger partial charge in [0.05, 0.1) is 18.9 Å². The van der Waals surface area contributed by atoms with Gasteiger partial charge < -0.3 is 20.1 Å². The van der Waals surface area contributed by atoms with Crippen LogP contribution in [-0.4, -0.2) is 54.5 Å². The monoisotopic (exact) mass is 354 g/mol. The van der Waals surface area contributed by atoms with Gasteiger partial charge in [-0.05, 0) is 30.4 Å². The number of rotatable bonds is 6. The van der Waals surface area contributed by atoms with Crippen molar-refractivity contribution in [2.45, 2.75) is 31.2 Å². The summed E-state index contributed by atoms with van der Waals surface area (Å²) < 4.78 is 5.54. The fraction of sp³-hybridized carbons (Fsp3) is 0.500. The molecular weight excluding hydrogens is 328 g/mol. The smallest absolute Gasteiger partial charge is 0.224 e. The van der Waals surface area contributed by atoms with Crippen LogP contribution in [-0.2, 0) is 17.6 Å². The largest absolute Gasteiger partial charge is 0.395 e. The highest BCUT2D eigenvalue weighted by Gasteiger charge is 2.27. The molecule has 1 fully saturated rings. The second-order valence-electron chi connectivity index (χ2n) is 7.13. The highest BCUT2D eigenvalue weighted by atomic mass is 16.5. The van der Waals surface area contributed by atoms with E-state index in [2.05, 4.69) is 52.6 Å². The standard InChI is InChI=1S/C20H26N4O2/c1-24(17-10-14-4-2-3-5-15(14)11-17)19-12-18(16-6-9-26-13-16)22-20(23-19)21-7-8-25/h2-5,12,16-17,25H,6-11,13H2,1H3,(H,21,22,23)/t16-/m1/s1. The Balaban J connectivity index is 1.59. The van der Waals surface area contributed by atoms with Crippen molar-refractivity contribution in [1.82, 2.24) is 9.97 Å². The van der Waals surface area contributed by atoms with Gasteiger partial charge in [-0.25, -0.2) is 4.98 Å². The number of aliphatic hydroxyl groups excluding tert-OH is 1. The number of ether oxygens (including phenoxy) is 1. The third-order valence-electron chi connectivity index (χ3n) is 5.41. The van der Waals surface area contributed by atoms with Crippen molar-refractivity contribution in [3.05, 3.63) is 47.2 Å². The molecule has 6 nitrogen and oxygen atoms in total. The molecule has 1 atom stereocenters. The molecule has 2 heterocycles. The van der Waals surface area contributed by atoms with Gasteiger partial charge >= 0.3 is 0 Å². The van der Waals surface area contributed by atoms with E-state index in [0.29, 0.717) is 31.1 Å². The van der Waals surface area contributed by atoms with Gasteiger partial charge in [0.15, 0.2) is 0 Å². The van der Waals surface area contributed by atoms with Crippen molar-refractivity contribution in [3.8, 4) is 0 Å². The van der Waals surface area contributed by atoms with Crippen LogP contribution < -0.4 is 10.2 Å². The highest BCUT2D eigenvalue weighted by Crippen LogP contribution is 2.30. The van der Waals surface area contributed by atoms with E-state index in [9.17, 15) is 0 Å². The number of hydrogen-bond acceptors (Lipinski definition) is 6. The molecule has 2 aromatic rings. The number of aliphatic hydroxyl groups is 1. The summed E-state index contributed by atoms with van der Waals surface area (Å²) in [5.41, 5.74) is 3.89. The second kappa shape index (κ2) is 7.60. The Hall–Kier alpha value is -2.18. The lowest BCUT2D eigenvalue weighted by Gasteiger charge is -2.26. The van der Waals surface area contributed by atoms with Gasteiger partial charge in [-0.15, -0.1) is 0 Å². The van der Waals surface area contributed by atoms with E-state index in [-0.39, 0.29) is 6.61 Å². The zero-order valence-corrected chi connectivity index (χ0v) is 15.2. The lowest BCUT2D eigenvalue weighted by atomic mass is 10.0. The number of benzene rings is 1. The summed E-state index contributed by atoms with van der Waals surface area (Å²) >= 11 is 0. The average molecular weight is 354 g/mol. The Labute approximate surface area is 154 Å². The second-order valence-corrected chi connectivity index (χ2v) is 7.13. The number of aromatic nitrogens is 2. The first kappa shape index (κ1) is 17.2. The summed E-state index contributed by atoms with van der Waals surface area (Å²) in [5, 5.41) is 12.2. The Bertz CT molecular complexity index is 736. The molecule has 1 aromatic carbocycles. The molecule has 138 valence electrons. The van der Waals surface area contributed by atoms with Crippen molar-refractivity contribution in [2.75, 3.05) is 43.6 Å². The number of anilines is 2. The van der Waals surface area contributed by atoms with E-state index in [1.807, 2.05) is 0 Å². The van der Waals surface area contributed by atoms with Crippen LogP contribution in [0.2, 0.25) is 0 Å². The molecule has 26 heavy (non-hydrogen) atoms. The molecule has 0 radical (unpaired) electrons. The average Bonchev–Trinajstić information content (AvgIpc) is 3.35. The van der Waals surface area contributed by atoms with Crippen molar-refractivity contribution in [3.63, 3.8) is 0 Å². The molecule has 2 aliphatic rings. The van der Waals surface area contributed by atoms with Gasteiger partial charge in [-0.1, -0.05) is 24.3 Å². The molecule has 1 saturated heterocycles. The van der Waals surface area contributed by atoms with Crippen LogP contribution in [0.25, 0.3) is 0 Å². The van der Waals surface area contributed by atoms with Crippen LogP contribution in [0.3, 0.4) is 0 Å². The lowest BCUT2D eigenvalue weighted by Crippen LogP contribution is -2.33. The SMILES string of the molecule is CN(c1cc([C@@H]2CCOC2)nc(NCCO)n1)C1Cc2ccccc2C1. The van der Waals surface area contributed by atoms with Crippen molar-refractivity contribution in [1.29, 1.82) is 0 Å². The molecule has 0 unspecified atom stereocenters. The van der Waals surface area contributed by atoms with Gasteiger partial charge in [0.2, 0.25) is 5.95 Å². The first-order chi connectivity index (χ1) is 12.7. The van der Waals surface area contributed by atoms with Crippen LogP contribution in [0, 0.1) is 0 Å². The molecule has 6 heteroatoms. The van der Waals surface area contributed by atoms with E-state index < -0.39 is 0 Å². The third-order valence-corrected chi connectivity index (χ3v) is 5.41. The van der Waals surface area contributed by atoms with Gasteiger partial charge in [0.25, 0.3) is 0 Å². The molecule has 0 saturated carbocycles. The Morgan fingerprint density at radius 1 is 1.23 bits per heavy atom. The summed E-state index contributed by atoms with van der Waals surface area (Å²) in [4.78, 5) is 11.6. The summed E-state index contributed by atoms with van der Waals surface area (Å²) in [6, 6.07) is 11.2. The Kier molecular flexibility index (Phi) is 5.04. The molecule has 1 aliphatic heterocycles. The first-order valence-corrected chi connectivity index (χ1v) is 9.35. The number of nitrogens with one attached hydrogen (secondary N) is 1. The number of hydrogen-bond donors (Lipinski definition) is 2. The summed E-state index contributed by atoms with van der Waals surface area (Å²) in [7, 11) is 2.11. The van der Waals surface area contributed by atoms with Crippen molar-refractivity contribution in [2.24, 2.45) is 0 Å². The van der Waals surface area contributed by atoms with E-state index in [1.165, 1.54) is 11.1 Å². The van der Waals surface area contributed by atoms with Crippen LogP contribution in [0.1, 0.15) is 29.2 Å². The van der Waals surface area contributed by atoms with Gasteiger partial charge in [0, 0.05) is 38.2 Å². The van der Waals surface area contributed by atoms with Crippen LogP contribution in [0.5, 0.6) is 0 Å². The lowest BCUT2D eigenvalue weighted by molar-refractivity contribution is 0.193. The fourth-order valence-electron chi connectivity index (χ4n) is 3.85. The number of fused-ring (bicyclic) bond motifs is 1. The third kappa shape index (κ3) is 3.52. The Morgan fingerprint density at radius 2 is 2.00 bits per heavy atom. The summed E-state index contributed by atoms with van der Waals surface area (Å²) in [5.74, 6) is 1.83. The molecule has 4 rings (SSSR count). The van der Waals surface area contributed by atoms with Crippen LogP contribution >= 0.6 is 0 Å². The zero-order valence-electron chi connectivity index (χ0n) is 15.2. The fourth-order valence-corrected chi connectivity index (χ4v) is 3.85. The molecule has 0 amide bonds. The van der Waals surface area contributed by atoms with E-state index >= 15 is 0 Å². The van der Waals surface area contributed by atoms with Crippen molar-refractivity contribution < 1.29 is 9.84 Å². The molecule has 2 N–H and O–H groups in total. The maximum atomic E-state index is 9.11.